The maximum atomic E-state index is 6.09. The summed E-state index contributed by atoms with van der Waals surface area (Å²) in [4.78, 5) is 4.25. The van der Waals surface area contributed by atoms with Gasteiger partial charge in [0.15, 0.2) is 5.76 Å². The fourth-order valence-electron chi connectivity index (χ4n) is 1.59. The highest BCUT2D eigenvalue weighted by molar-refractivity contribution is 5.85. The SMILES string of the molecule is CCCC(C)(N)c1nc(-c2ccco2)no1.Cl. The monoisotopic (exact) mass is 257 g/mol. The largest absolute Gasteiger partial charge is 0.461 e. The summed E-state index contributed by atoms with van der Waals surface area (Å²) in [5.41, 5.74) is 5.51. The van der Waals surface area contributed by atoms with Crippen molar-refractivity contribution in [3.63, 3.8) is 0 Å². The van der Waals surface area contributed by atoms with Gasteiger partial charge in [-0.2, -0.15) is 4.98 Å². The van der Waals surface area contributed by atoms with Crippen molar-refractivity contribution in [2.75, 3.05) is 0 Å². The van der Waals surface area contributed by atoms with E-state index in [1.54, 1.807) is 18.4 Å². The van der Waals surface area contributed by atoms with E-state index >= 15 is 0 Å². The lowest BCUT2D eigenvalue weighted by molar-refractivity contribution is 0.283. The number of furan rings is 1. The minimum atomic E-state index is -0.577. The van der Waals surface area contributed by atoms with Crippen molar-refractivity contribution in [1.82, 2.24) is 10.1 Å². The lowest BCUT2D eigenvalue weighted by Gasteiger charge is -2.17. The molecule has 1 atom stereocenters. The van der Waals surface area contributed by atoms with Crippen LogP contribution in [0.2, 0.25) is 0 Å². The van der Waals surface area contributed by atoms with Gasteiger partial charge in [-0.3, -0.25) is 0 Å². The van der Waals surface area contributed by atoms with E-state index in [2.05, 4.69) is 17.1 Å². The van der Waals surface area contributed by atoms with Crippen LogP contribution in [0.1, 0.15) is 32.6 Å². The molecule has 6 heteroatoms. The Labute approximate surface area is 106 Å². The minimum Gasteiger partial charge on any atom is -0.461 e. The standard InChI is InChI=1S/C11H15N3O2.ClH/c1-3-6-11(2,12)10-13-9(14-16-10)8-5-4-7-15-8;/h4-5,7H,3,6,12H2,1-2H3;1H. The molecule has 94 valence electrons. The first-order valence-electron chi connectivity index (χ1n) is 5.30. The molecule has 0 bridgehead atoms. The van der Waals surface area contributed by atoms with Crippen molar-refractivity contribution in [3.8, 4) is 11.6 Å². The molecule has 0 aromatic carbocycles. The number of rotatable bonds is 4. The van der Waals surface area contributed by atoms with E-state index in [0.717, 1.165) is 12.8 Å². The van der Waals surface area contributed by atoms with E-state index in [9.17, 15) is 0 Å². The van der Waals surface area contributed by atoms with Gasteiger partial charge in [0.2, 0.25) is 11.7 Å². The van der Waals surface area contributed by atoms with Crippen molar-refractivity contribution < 1.29 is 8.94 Å². The van der Waals surface area contributed by atoms with Crippen LogP contribution < -0.4 is 5.73 Å². The van der Waals surface area contributed by atoms with Crippen LogP contribution in [0.3, 0.4) is 0 Å². The van der Waals surface area contributed by atoms with Gasteiger partial charge >= 0.3 is 0 Å². The van der Waals surface area contributed by atoms with Crippen molar-refractivity contribution in [3.05, 3.63) is 24.3 Å². The van der Waals surface area contributed by atoms with Crippen molar-refractivity contribution in [2.45, 2.75) is 32.2 Å². The number of halogens is 1. The molecular formula is C11H16ClN3O2. The number of aromatic nitrogens is 2. The Balaban J connectivity index is 0.00000144. The van der Waals surface area contributed by atoms with E-state index in [1.165, 1.54) is 0 Å². The average Bonchev–Trinajstić information content (AvgIpc) is 2.89. The number of hydrogen-bond acceptors (Lipinski definition) is 5. The quantitative estimate of drug-likeness (QED) is 0.911. The zero-order chi connectivity index (χ0) is 11.6. The molecule has 2 aromatic rings. The predicted octanol–water partition coefficient (Wildman–Crippen LogP) is 2.73. The summed E-state index contributed by atoms with van der Waals surface area (Å²) < 4.78 is 10.3. The maximum Gasteiger partial charge on any atom is 0.246 e. The Morgan fingerprint density at radius 3 is 2.82 bits per heavy atom. The average molecular weight is 258 g/mol. The van der Waals surface area contributed by atoms with Crippen molar-refractivity contribution in [2.24, 2.45) is 5.73 Å². The Bertz CT molecular complexity index is 451. The molecule has 0 aliphatic rings. The first-order valence-corrected chi connectivity index (χ1v) is 5.30. The van der Waals surface area contributed by atoms with Gasteiger partial charge < -0.3 is 14.7 Å². The second-order valence-corrected chi connectivity index (χ2v) is 4.07. The molecular weight excluding hydrogens is 242 g/mol. The molecule has 2 N–H and O–H groups in total. The van der Waals surface area contributed by atoms with Crippen LogP contribution in [0, 0.1) is 0 Å². The highest BCUT2D eigenvalue weighted by atomic mass is 35.5. The second kappa shape index (κ2) is 5.33. The second-order valence-electron chi connectivity index (χ2n) is 4.07. The molecule has 0 radical (unpaired) electrons. The summed E-state index contributed by atoms with van der Waals surface area (Å²) in [6.45, 7) is 3.95. The first kappa shape index (κ1) is 13.7. The summed E-state index contributed by atoms with van der Waals surface area (Å²) in [6, 6.07) is 3.56. The predicted molar refractivity (Wildman–Crippen MR) is 65.7 cm³/mol. The van der Waals surface area contributed by atoms with Gasteiger partial charge in [0.05, 0.1) is 11.8 Å². The molecule has 1 unspecified atom stereocenters. The summed E-state index contributed by atoms with van der Waals surface area (Å²) in [6.07, 6.45) is 3.33. The minimum absolute atomic E-state index is 0. The molecule has 0 saturated carbocycles. The molecule has 0 aliphatic carbocycles. The Morgan fingerprint density at radius 1 is 1.47 bits per heavy atom. The summed E-state index contributed by atoms with van der Waals surface area (Å²) in [7, 11) is 0. The lowest BCUT2D eigenvalue weighted by atomic mass is 9.98. The fraction of sp³-hybridized carbons (Fsp3) is 0.455. The molecule has 2 rings (SSSR count). The van der Waals surface area contributed by atoms with Gasteiger partial charge in [0.25, 0.3) is 0 Å². The Morgan fingerprint density at radius 2 is 2.24 bits per heavy atom. The molecule has 2 aromatic heterocycles. The van der Waals surface area contributed by atoms with Gasteiger partial charge in [-0.1, -0.05) is 18.5 Å². The topological polar surface area (TPSA) is 78.1 Å². The third kappa shape index (κ3) is 2.87. The zero-order valence-corrected chi connectivity index (χ0v) is 10.7. The van der Waals surface area contributed by atoms with Crippen molar-refractivity contribution >= 4 is 12.4 Å². The van der Waals surface area contributed by atoms with Gasteiger partial charge in [0.1, 0.15) is 0 Å². The van der Waals surface area contributed by atoms with E-state index in [4.69, 9.17) is 14.7 Å². The normalized spacial score (nSPS) is 14.1. The van der Waals surface area contributed by atoms with Crippen LogP contribution in [-0.4, -0.2) is 10.1 Å². The smallest absolute Gasteiger partial charge is 0.246 e. The third-order valence-electron chi connectivity index (χ3n) is 2.43. The Kier molecular flexibility index (Phi) is 4.31. The van der Waals surface area contributed by atoms with E-state index < -0.39 is 5.54 Å². The molecule has 0 amide bonds. The van der Waals surface area contributed by atoms with Crippen LogP contribution in [-0.2, 0) is 5.54 Å². The van der Waals surface area contributed by atoms with Crippen LogP contribution in [0.25, 0.3) is 11.6 Å². The van der Waals surface area contributed by atoms with E-state index in [0.29, 0.717) is 17.5 Å². The number of nitrogens with two attached hydrogens (primary N) is 1. The molecule has 0 fully saturated rings. The van der Waals surface area contributed by atoms with Crippen LogP contribution in [0.4, 0.5) is 0 Å². The maximum absolute atomic E-state index is 6.09. The summed E-state index contributed by atoms with van der Waals surface area (Å²) in [5.74, 6) is 1.47. The van der Waals surface area contributed by atoms with Gasteiger partial charge in [-0.15, -0.1) is 12.4 Å². The summed E-state index contributed by atoms with van der Waals surface area (Å²) >= 11 is 0. The number of hydrogen-bond donors (Lipinski definition) is 1. The first-order chi connectivity index (χ1) is 7.63. The molecule has 17 heavy (non-hydrogen) atoms. The van der Waals surface area contributed by atoms with E-state index in [-0.39, 0.29) is 12.4 Å². The molecule has 5 nitrogen and oxygen atoms in total. The highest BCUT2D eigenvalue weighted by Crippen LogP contribution is 2.24. The highest BCUT2D eigenvalue weighted by Gasteiger charge is 2.27. The summed E-state index contributed by atoms with van der Waals surface area (Å²) in [5, 5.41) is 3.85. The molecule has 0 saturated heterocycles. The molecule has 0 aliphatic heterocycles. The zero-order valence-electron chi connectivity index (χ0n) is 9.84. The van der Waals surface area contributed by atoms with Gasteiger partial charge in [0, 0.05) is 0 Å². The molecule has 2 heterocycles. The van der Waals surface area contributed by atoms with Crippen LogP contribution in [0.15, 0.2) is 27.3 Å². The van der Waals surface area contributed by atoms with Crippen LogP contribution in [0.5, 0.6) is 0 Å². The third-order valence-corrected chi connectivity index (χ3v) is 2.43. The van der Waals surface area contributed by atoms with E-state index in [1.807, 2.05) is 6.92 Å². The molecule has 0 spiro atoms. The van der Waals surface area contributed by atoms with Crippen LogP contribution >= 0.6 is 12.4 Å². The Hall–Kier alpha value is -1.33. The fourth-order valence-corrected chi connectivity index (χ4v) is 1.59. The van der Waals surface area contributed by atoms with Gasteiger partial charge in [-0.05, 0) is 25.5 Å². The van der Waals surface area contributed by atoms with Gasteiger partial charge in [-0.25, -0.2) is 0 Å². The lowest BCUT2D eigenvalue weighted by Crippen LogP contribution is -2.33. The van der Waals surface area contributed by atoms with Crippen molar-refractivity contribution in [1.29, 1.82) is 0 Å². The number of nitrogens with zero attached hydrogens (tertiary/aromatic N) is 2.